The minimum atomic E-state index is -0.647. The molecule has 6 nitrogen and oxygen atoms in total. The zero-order valence-corrected chi connectivity index (χ0v) is 16.8. The van der Waals surface area contributed by atoms with E-state index in [1.54, 1.807) is 36.0 Å². The molecule has 0 aliphatic carbocycles. The highest BCUT2D eigenvalue weighted by atomic mass is 19.1. The van der Waals surface area contributed by atoms with Crippen LogP contribution in [-0.4, -0.2) is 34.2 Å². The summed E-state index contributed by atoms with van der Waals surface area (Å²) in [6.45, 7) is 3.93. The van der Waals surface area contributed by atoms with Gasteiger partial charge in [0, 0.05) is 29.9 Å². The normalized spacial score (nSPS) is 12.0. The van der Waals surface area contributed by atoms with Crippen LogP contribution in [0.1, 0.15) is 19.4 Å². The van der Waals surface area contributed by atoms with Gasteiger partial charge in [-0.3, -0.25) is 9.59 Å². The van der Waals surface area contributed by atoms with E-state index >= 15 is 0 Å². The summed E-state index contributed by atoms with van der Waals surface area (Å²) in [6, 6.07) is 14.9. The second-order valence-corrected chi connectivity index (χ2v) is 6.68. The Balaban J connectivity index is 1.88. The lowest BCUT2D eigenvalue weighted by Crippen LogP contribution is -2.44. The maximum Gasteiger partial charge on any atom is 0.244 e. The lowest BCUT2D eigenvalue weighted by Gasteiger charge is -2.11. The number of carbonyl (C=O) groups is 2. The number of nitrogens with zero attached hydrogens (tertiary/aromatic N) is 2. The number of aromatic nitrogens is 2. The first-order valence-corrected chi connectivity index (χ1v) is 9.65. The summed E-state index contributed by atoms with van der Waals surface area (Å²) in [4.78, 5) is 24.0. The number of hydrogen-bond acceptors (Lipinski definition) is 3. The fraction of sp³-hybridized carbons (Fsp3) is 0.174. The van der Waals surface area contributed by atoms with E-state index in [0.717, 1.165) is 11.3 Å². The molecule has 3 aromatic rings. The Kier molecular flexibility index (Phi) is 6.75. The van der Waals surface area contributed by atoms with Gasteiger partial charge in [-0.15, -0.1) is 0 Å². The minimum absolute atomic E-state index is 0.247. The number of amides is 2. The third-order valence-corrected chi connectivity index (χ3v) is 4.40. The zero-order valence-electron chi connectivity index (χ0n) is 16.8. The summed E-state index contributed by atoms with van der Waals surface area (Å²) < 4.78 is 15.0. The van der Waals surface area contributed by atoms with Crippen LogP contribution in [0.5, 0.6) is 0 Å². The molecule has 1 heterocycles. The van der Waals surface area contributed by atoms with Crippen LogP contribution >= 0.6 is 0 Å². The van der Waals surface area contributed by atoms with Crippen molar-refractivity contribution in [3.8, 4) is 16.9 Å². The third-order valence-electron chi connectivity index (χ3n) is 4.40. The number of hydrogen-bond donors (Lipinski definition) is 2. The van der Waals surface area contributed by atoms with Gasteiger partial charge in [0.1, 0.15) is 11.9 Å². The van der Waals surface area contributed by atoms with Crippen LogP contribution in [0.2, 0.25) is 0 Å². The van der Waals surface area contributed by atoms with Crippen molar-refractivity contribution in [2.24, 2.45) is 0 Å². The molecule has 30 heavy (non-hydrogen) atoms. The van der Waals surface area contributed by atoms with Crippen LogP contribution in [0.25, 0.3) is 23.0 Å². The molecule has 0 bridgehead atoms. The number of rotatable bonds is 7. The summed E-state index contributed by atoms with van der Waals surface area (Å²) in [5.41, 5.74) is 2.88. The first-order chi connectivity index (χ1) is 14.5. The van der Waals surface area contributed by atoms with Gasteiger partial charge in [-0.1, -0.05) is 18.2 Å². The molecule has 0 aliphatic rings. The van der Waals surface area contributed by atoms with Gasteiger partial charge in [0.05, 0.1) is 11.4 Å². The topological polar surface area (TPSA) is 76.0 Å². The van der Waals surface area contributed by atoms with E-state index < -0.39 is 11.9 Å². The van der Waals surface area contributed by atoms with Gasteiger partial charge in [-0.05, 0) is 56.3 Å². The molecule has 0 spiro atoms. The van der Waals surface area contributed by atoms with Gasteiger partial charge in [0.25, 0.3) is 0 Å². The van der Waals surface area contributed by atoms with Gasteiger partial charge in [0.2, 0.25) is 11.8 Å². The highest BCUT2D eigenvalue weighted by molar-refractivity contribution is 5.96. The van der Waals surface area contributed by atoms with Crippen LogP contribution in [-0.2, 0) is 9.59 Å². The molecule has 2 aromatic carbocycles. The van der Waals surface area contributed by atoms with Crippen molar-refractivity contribution in [3.63, 3.8) is 0 Å². The van der Waals surface area contributed by atoms with Crippen molar-refractivity contribution >= 4 is 17.9 Å². The first kappa shape index (κ1) is 21.0. The smallest absolute Gasteiger partial charge is 0.244 e. The highest BCUT2D eigenvalue weighted by Gasteiger charge is 2.14. The molecule has 0 saturated heterocycles. The quantitative estimate of drug-likeness (QED) is 0.591. The van der Waals surface area contributed by atoms with Gasteiger partial charge in [0.15, 0.2) is 0 Å². The number of para-hydroxylation sites is 1. The van der Waals surface area contributed by atoms with Gasteiger partial charge in [-0.2, -0.15) is 5.10 Å². The van der Waals surface area contributed by atoms with Crippen molar-refractivity contribution in [2.45, 2.75) is 19.9 Å². The van der Waals surface area contributed by atoms with E-state index in [0.29, 0.717) is 17.8 Å². The standard InChI is InChI=1S/C23H23FN4O2/c1-3-25-23(30)16(2)26-21(29)14-11-18-15-28(20-7-5-4-6-8-20)27-22(18)17-9-12-19(24)13-10-17/h4-16H,3H2,1-2H3,(H,25,30)(H,26,29)/b14-11+/t16-/m1/s1. The summed E-state index contributed by atoms with van der Waals surface area (Å²) >= 11 is 0. The van der Waals surface area contributed by atoms with E-state index in [-0.39, 0.29) is 11.7 Å². The average Bonchev–Trinajstić information content (AvgIpc) is 3.18. The molecule has 1 aromatic heterocycles. The Bertz CT molecular complexity index is 1040. The second kappa shape index (κ2) is 9.65. The largest absolute Gasteiger partial charge is 0.355 e. The zero-order chi connectivity index (χ0) is 21.5. The Labute approximate surface area is 174 Å². The first-order valence-electron chi connectivity index (χ1n) is 9.65. The van der Waals surface area contributed by atoms with Gasteiger partial charge >= 0.3 is 0 Å². The molecule has 1 atom stereocenters. The van der Waals surface area contributed by atoms with Gasteiger partial charge in [-0.25, -0.2) is 9.07 Å². The predicted octanol–water partition coefficient (Wildman–Crippen LogP) is 3.33. The van der Waals surface area contributed by atoms with Gasteiger partial charge < -0.3 is 10.6 Å². The van der Waals surface area contributed by atoms with Crippen LogP contribution in [0, 0.1) is 5.82 Å². The molecule has 154 valence electrons. The van der Waals surface area contributed by atoms with E-state index in [2.05, 4.69) is 15.7 Å². The molecular weight excluding hydrogens is 383 g/mol. The highest BCUT2D eigenvalue weighted by Crippen LogP contribution is 2.25. The predicted molar refractivity (Wildman–Crippen MR) is 114 cm³/mol. The summed E-state index contributed by atoms with van der Waals surface area (Å²) in [6.07, 6.45) is 4.78. The molecule has 2 amide bonds. The molecule has 0 radical (unpaired) electrons. The van der Waals surface area contributed by atoms with Crippen molar-refractivity contribution in [1.29, 1.82) is 0 Å². The Hall–Kier alpha value is -3.74. The lowest BCUT2D eigenvalue weighted by molar-refractivity contribution is -0.126. The summed E-state index contributed by atoms with van der Waals surface area (Å²) in [7, 11) is 0. The SMILES string of the molecule is CCNC(=O)[C@@H](C)NC(=O)/C=C/c1cn(-c2ccccc2)nc1-c1ccc(F)cc1. The molecular formula is C23H23FN4O2. The van der Waals surface area contributed by atoms with Crippen molar-refractivity contribution < 1.29 is 14.0 Å². The van der Waals surface area contributed by atoms with E-state index in [1.165, 1.54) is 18.2 Å². The van der Waals surface area contributed by atoms with Crippen molar-refractivity contribution in [3.05, 3.63) is 78.3 Å². The molecule has 0 fully saturated rings. The number of benzene rings is 2. The molecule has 7 heteroatoms. The van der Waals surface area contributed by atoms with Crippen LogP contribution in [0.4, 0.5) is 4.39 Å². The van der Waals surface area contributed by atoms with E-state index in [9.17, 15) is 14.0 Å². The fourth-order valence-corrected chi connectivity index (χ4v) is 2.87. The molecule has 0 aliphatic heterocycles. The van der Waals surface area contributed by atoms with Crippen LogP contribution in [0.15, 0.2) is 66.9 Å². The lowest BCUT2D eigenvalue weighted by atomic mass is 10.1. The second-order valence-electron chi connectivity index (χ2n) is 6.68. The molecule has 0 saturated carbocycles. The fourth-order valence-electron chi connectivity index (χ4n) is 2.87. The molecule has 2 N–H and O–H groups in total. The number of nitrogens with one attached hydrogen (secondary N) is 2. The van der Waals surface area contributed by atoms with Crippen molar-refractivity contribution in [1.82, 2.24) is 20.4 Å². The summed E-state index contributed by atoms with van der Waals surface area (Å²) in [5, 5.41) is 9.90. The van der Waals surface area contributed by atoms with Crippen molar-refractivity contribution in [2.75, 3.05) is 6.54 Å². The maximum absolute atomic E-state index is 13.3. The van der Waals surface area contributed by atoms with Crippen LogP contribution < -0.4 is 10.6 Å². The maximum atomic E-state index is 13.3. The Morgan fingerprint density at radius 2 is 1.83 bits per heavy atom. The number of carbonyl (C=O) groups excluding carboxylic acids is 2. The van der Waals surface area contributed by atoms with Crippen LogP contribution in [0.3, 0.4) is 0 Å². The Morgan fingerprint density at radius 1 is 1.13 bits per heavy atom. The minimum Gasteiger partial charge on any atom is -0.355 e. The number of halogens is 1. The van der Waals surface area contributed by atoms with E-state index in [4.69, 9.17) is 0 Å². The third kappa shape index (κ3) is 5.20. The van der Waals surface area contributed by atoms with E-state index in [1.807, 2.05) is 37.3 Å². The monoisotopic (exact) mass is 406 g/mol. The Morgan fingerprint density at radius 3 is 2.50 bits per heavy atom. The summed E-state index contributed by atoms with van der Waals surface area (Å²) in [5.74, 6) is -0.980. The average molecular weight is 406 g/mol. The number of likely N-dealkylation sites (N-methyl/N-ethyl adjacent to an activating group) is 1. The molecule has 3 rings (SSSR count). The molecule has 0 unspecified atom stereocenters.